The van der Waals surface area contributed by atoms with Crippen molar-refractivity contribution in [3.63, 3.8) is 0 Å². The molecule has 1 saturated heterocycles. The molecule has 1 aliphatic heterocycles. The third-order valence-corrected chi connectivity index (χ3v) is 3.55. The van der Waals surface area contributed by atoms with E-state index >= 15 is 0 Å². The summed E-state index contributed by atoms with van der Waals surface area (Å²) in [5.74, 6) is 0. The first-order valence-electron chi connectivity index (χ1n) is 6.61. The zero-order valence-corrected chi connectivity index (χ0v) is 11.0. The average molecular weight is 272 g/mol. The monoisotopic (exact) mass is 272 g/mol. The second-order valence-electron chi connectivity index (χ2n) is 4.95. The number of piperazine rings is 1. The Labute approximate surface area is 111 Å². The number of rotatable bonds is 3. The summed E-state index contributed by atoms with van der Waals surface area (Å²) in [7, 11) is 0. The van der Waals surface area contributed by atoms with Gasteiger partial charge in [-0.15, -0.1) is 0 Å². The van der Waals surface area contributed by atoms with Gasteiger partial charge in [0.05, 0.1) is 5.56 Å². The molecule has 1 aliphatic rings. The Kier molecular flexibility index (Phi) is 4.47. The number of nitrogens with one attached hydrogen (secondary N) is 1. The fraction of sp³-hybridized carbons (Fsp3) is 0.571. The number of alkyl halides is 3. The quantitative estimate of drug-likeness (QED) is 0.910. The second-order valence-corrected chi connectivity index (χ2v) is 4.95. The zero-order chi connectivity index (χ0) is 13.9. The maximum Gasteiger partial charge on any atom is 0.416 e. The van der Waals surface area contributed by atoms with E-state index in [1.54, 1.807) is 12.1 Å². The number of benzene rings is 1. The van der Waals surface area contributed by atoms with Crippen molar-refractivity contribution in [3.8, 4) is 0 Å². The van der Waals surface area contributed by atoms with Crippen molar-refractivity contribution in [2.45, 2.75) is 32.1 Å². The van der Waals surface area contributed by atoms with Gasteiger partial charge in [0.15, 0.2) is 0 Å². The molecule has 106 valence electrons. The molecule has 1 aromatic rings. The SMILES string of the molecule is CCC1CN(Cc2ccccc2C(F)(F)F)CCN1. The molecule has 0 bridgehead atoms. The first kappa shape index (κ1) is 14.3. The molecule has 0 aromatic heterocycles. The molecule has 0 amide bonds. The summed E-state index contributed by atoms with van der Waals surface area (Å²) in [6.45, 7) is 4.90. The van der Waals surface area contributed by atoms with Crippen LogP contribution in [0.4, 0.5) is 13.2 Å². The van der Waals surface area contributed by atoms with Gasteiger partial charge in [-0.2, -0.15) is 13.2 Å². The van der Waals surface area contributed by atoms with Gasteiger partial charge in [-0.1, -0.05) is 25.1 Å². The van der Waals surface area contributed by atoms with E-state index in [0.29, 0.717) is 18.2 Å². The highest BCUT2D eigenvalue weighted by Crippen LogP contribution is 2.32. The van der Waals surface area contributed by atoms with E-state index in [0.717, 1.165) is 32.1 Å². The molecule has 1 heterocycles. The summed E-state index contributed by atoms with van der Waals surface area (Å²) in [6.07, 6.45) is -3.27. The highest BCUT2D eigenvalue weighted by molar-refractivity contribution is 5.29. The Bertz CT molecular complexity index is 417. The average Bonchev–Trinajstić information content (AvgIpc) is 2.38. The van der Waals surface area contributed by atoms with Crippen LogP contribution in [0.15, 0.2) is 24.3 Å². The van der Waals surface area contributed by atoms with E-state index in [1.165, 1.54) is 6.07 Å². The molecule has 1 aromatic carbocycles. The highest BCUT2D eigenvalue weighted by atomic mass is 19.4. The van der Waals surface area contributed by atoms with Crippen molar-refractivity contribution in [2.75, 3.05) is 19.6 Å². The van der Waals surface area contributed by atoms with Gasteiger partial charge >= 0.3 is 6.18 Å². The molecular weight excluding hydrogens is 253 g/mol. The lowest BCUT2D eigenvalue weighted by atomic mass is 10.1. The van der Waals surface area contributed by atoms with E-state index < -0.39 is 11.7 Å². The Morgan fingerprint density at radius 2 is 2.05 bits per heavy atom. The van der Waals surface area contributed by atoms with Gasteiger partial charge in [-0.05, 0) is 18.1 Å². The summed E-state index contributed by atoms with van der Waals surface area (Å²) >= 11 is 0. The van der Waals surface area contributed by atoms with Crippen LogP contribution >= 0.6 is 0 Å². The van der Waals surface area contributed by atoms with Crippen LogP contribution in [0.1, 0.15) is 24.5 Å². The minimum absolute atomic E-state index is 0.367. The van der Waals surface area contributed by atoms with Gasteiger partial charge in [0.25, 0.3) is 0 Å². The van der Waals surface area contributed by atoms with Gasteiger partial charge in [0.2, 0.25) is 0 Å². The number of nitrogens with zero attached hydrogens (tertiary/aromatic N) is 1. The van der Waals surface area contributed by atoms with E-state index in [1.807, 2.05) is 0 Å². The van der Waals surface area contributed by atoms with Crippen molar-refractivity contribution < 1.29 is 13.2 Å². The smallest absolute Gasteiger partial charge is 0.311 e. The highest BCUT2D eigenvalue weighted by Gasteiger charge is 2.33. The van der Waals surface area contributed by atoms with Crippen molar-refractivity contribution in [1.82, 2.24) is 10.2 Å². The molecule has 0 aliphatic carbocycles. The summed E-state index contributed by atoms with van der Waals surface area (Å²) in [5, 5.41) is 3.37. The molecule has 19 heavy (non-hydrogen) atoms. The molecule has 1 N–H and O–H groups in total. The predicted molar refractivity (Wildman–Crippen MR) is 68.8 cm³/mol. The number of hydrogen-bond donors (Lipinski definition) is 1. The Balaban J connectivity index is 2.11. The lowest BCUT2D eigenvalue weighted by Crippen LogP contribution is -2.49. The van der Waals surface area contributed by atoms with Gasteiger partial charge in [0, 0.05) is 32.2 Å². The molecule has 1 fully saturated rings. The van der Waals surface area contributed by atoms with Gasteiger partial charge in [0.1, 0.15) is 0 Å². The van der Waals surface area contributed by atoms with Crippen LogP contribution in [0.25, 0.3) is 0 Å². The Morgan fingerprint density at radius 1 is 1.32 bits per heavy atom. The third-order valence-electron chi connectivity index (χ3n) is 3.55. The van der Waals surface area contributed by atoms with Crippen LogP contribution in [-0.4, -0.2) is 30.6 Å². The zero-order valence-electron chi connectivity index (χ0n) is 11.0. The van der Waals surface area contributed by atoms with Crippen molar-refractivity contribution >= 4 is 0 Å². The Hall–Kier alpha value is -1.07. The summed E-state index contributed by atoms with van der Waals surface area (Å²) in [4.78, 5) is 2.09. The van der Waals surface area contributed by atoms with Gasteiger partial charge in [-0.3, -0.25) is 4.90 Å². The first-order chi connectivity index (χ1) is 9.00. The summed E-state index contributed by atoms with van der Waals surface area (Å²) < 4.78 is 38.7. The lowest BCUT2D eigenvalue weighted by molar-refractivity contribution is -0.138. The van der Waals surface area contributed by atoms with E-state index in [4.69, 9.17) is 0 Å². The topological polar surface area (TPSA) is 15.3 Å². The van der Waals surface area contributed by atoms with Gasteiger partial charge < -0.3 is 5.32 Å². The van der Waals surface area contributed by atoms with Crippen LogP contribution in [0.5, 0.6) is 0 Å². The molecule has 0 radical (unpaired) electrons. The normalized spacial score (nSPS) is 21.6. The maximum absolute atomic E-state index is 12.9. The van der Waals surface area contributed by atoms with Crippen molar-refractivity contribution in [3.05, 3.63) is 35.4 Å². The first-order valence-corrected chi connectivity index (χ1v) is 6.61. The summed E-state index contributed by atoms with van der Waals surface area (Å²) in [5.41, 5.74) is -0.145. The Morgan fingerprint density at radius 3 is 2.74 bits per heavy atom. The molecule has 0 spiro atoms. The van der Waals surface area contributed by atoms with Crippen LogP contribution in [0.3, 0.4) is 0 Å². The third kappa shape index (κ3) is 3.70. The maximum atomic E-state index is 12.9. The minimum atomic E-state index is -4.27. The lowest BCUT2D eigenvalue weighted by Gasteiger charge is -2.33. The standard InChI is InChI=1S/C14H19F3N2/c1-2-12-10-19(8-7-18-12)9-11-5-3-4-6-13(11)14(15,16)17/h3-6,12,18H,2,7-10H2,1H3. The van der Waals surface area contributed by atoms with Crippen molar-refractivity contribution in [1.29, 1.82) is 0 Å². The van der Waals surface area contributed by atoms with Crippen LogP contribution in [0.2, 0.25) is 0 Å². The molecule has 2 rings (SSSR count). The molecule has 1 unspecified atom stereocenters. The molecule has 0 saturated carbocycles. The number of halogens is 3. The van der Waals surface area contributed by atoms with E-state index in [2.05, 4.69) is 17.1 Å². The number of hydrogen-bond acceptors (Lipinski definition) is 2. The van der Waals surface area contributed by atoms with E-state index in [-0.39, 0.29) is 0 Å². The predicted octanol–water partition coefficient (Wildman–Crippen LogP) is 2.89. The molecule has 5 heteroatoms. The minimum Gasteiger partial charge on any atom is -0.311 e. The fourth-order valence-electron chi connectivity index (χ4n) is 2.49. The summed E-state index contributed by atoms with van der Waals surface area (Å²) in [6, 6.07) is 6.23. The second kappa shape index (κ2) is 5.92. The molecule has 1 atom stereocenters. The largest absolute Gasteiger partial charge is 0.416 e. The molecule has 2 nitrogen and oxygen atoms in total. The van der Waals surface area contributed by atoms with Crippen LogP contribution in [-0.2, 0) is 12.7 Å². The van der Waals surface area contributed by atoms with Crippen molar-refractivity contribution in [2.24, 2.45) is 0 Å². The van der Waals surface area contributed by atoms with Crippen LogP contribution in [0, 0.1) is 0 Å². The van der Waals surface area contributed by atoms with Crippen LogP contribution < -0.4 is 5.32 Å². The fourth-order valence-corrected chi connectivity index (χ4v) is 2.49. The molecular formula is C14H19F3N2. The van der Waals surface area contributed by atoms with E-state index in [9.17, 15) is 13.2 Å². The van der Waals surface area contributed by atoms with Gasteiger partial charge in [-0.25, -0.2) is 0 Å².